The maximum atomic E-state index is 12.7. The third-order valence-electron chi connectivity index (χ3n) is 5.52. The summed E-state index contributed by atoms with van der Waals surface area (Å²) >= 11 is 18.1. The van der Waals surface area contributed by atoms with Gasteiger partial charge >= 0.3 is 0 Å². The highest BCUT2D eigenvalue weighted by Gasteiger charge is 2.35. The normalized spacial score (nSPS) is 23.8. The molecule has 2 fully saturated rings. The van der Waals surface area contributed by atoms with Gasteiger partial charge in [-0.15, -0.1) is 0 Å². The Hall–Kier alpha value is -0.680. The highest BCUT2D eigenvalue weighted by Crippen LogP contribution is 2.34. The number of likely N-dealkylation sites (tertiary alicyclic amines) is 1. The summed E-state index contributed by atoms with van der Waals surface area (Å²) in [5.74, 6) is 0.339. The minimum absolute atomic E-state index is 0.0387. The zero-order valence-electron chi connectivity index (χ0n) is 15.0. The smallest absolute Gasteiger partial charge is 0.260 e. The summed E-state index contributed by atoms with van der Waals surface area (Å²) in [5, 5.41) is 1.07. The lowest BCUT2D eigenvalue weighted by atomic mass is 9.88. The van der Waals surface area contributed by atoms with Gasteiger partial charge in [0, 0.05) is 25.2 Å². The van der Waals surface area contributed by atoms with E-state index in [1.807, 2.05) is 11.9 Å². The second-order valence-corrected chi connectivity index (χ2v) is 8.37. The van der Waals surface area contributed by atoms with Crippen LogP contribution in [-0.2, 0) is 4.79 Å². The van der Waals surface area contributed by atoms with Gasteiger partial charge in [0.1, 0.15) is 5.75 Å². The molecule has 1 saturated carbocycles. The SMILES string of the molecule is CN(C(=O)COc1cc(Cl)c(Cl)cc1Cl)C1CCCCC1N1CCCC1. The lowest BCUT2D eigenvalue weighted by Gasteiger charge is -2.42. The summed E-state index contributed by atoms with van der Waals surface area (Å²) in [4.78, 5) is 17.1. The summed E-state index contributed by atoms with van der Waals surface area (Å²) in [6, 6.07) is 3.79. The zero-order chi connectivity index (χ0) is 18.7. The Balaban J connectivity index is 1.62. The summed E-state index contributed by atoms with van der Waals surface area (Å²) in [6.07, 6.45) is 7.17. The third kappa shape index (κ3) is 4.59. The van der Waals surface area contributed by atoms with E-state index in [1.54, 1.807) is 6.07 Å². The maximum absolute atomic E-state index is 12.7. The van der Waals surface area contributed by atoms with Crippen molar-refractivity contribution < 1.29 is 9.53 Å². The van der Waals surface area contributed by atoms with E-state index in [-0.39, 0.29) is 18.6 Å². The predicted molar refractivity (Wildman–Crippen MR) is 107 cm³/mol. The highest BCUT2D eigenvalue weighted by molar-refractivity contribution is 6.43. The van der Waals surface area contributed by atoms with Crippen LogP contribution in [0.15, 0.2) is 12.1 Å². The van der Waals surface area contributed by atoms with Gasteiger partial charge in [0.25, 0.3) is 5.91 Å². The molecule has 0 aromatic heterocycles. The van der Waals surface area contributed by atoms with Crippen LogP contribution in [0.25, 0.3) is 0 Å². The second-order valence-electron chi connectivity index (χ2n) is 7.15. The van der Waals surface area contributed by atoms with E-state index in [0.29, 0.717) is 26.9 Å². The van der Waals surface area contributed by atoms with Crippen LogP contribution in [0, 0.1) is 0 Å². The van der Waals surface area contributed by atoms with E-state index >= 15 is 0 Å². The average Bonchev–Trinajstić information content (AvgIpc) is 3.17. The van der Waals surface area contributed by atoms with Crippen molar-refractivity contribution >= 4 is 40.7 Å². The van der Waals surface area contributed by atoms with Crippen LogP contribution in [0.2, 0.25) is 15.1 Å². The lowest BCUT2D eigenvalue weighted by molar-refractivity contribution is -0.136. The minimum Gasteiger partial charge on any atom is -0.482 e. The summed E-state index contributed by atoms with van der Waals surface area (Å²) in [7, 11) is 1.89. The van der Waals surface area contributed by atoms with E-state index in [9.17, 15) is 4.79 Å². The van der Waals surface area contributed by atoms with Crippen molar-refractivity contribution in [3.05, 3.63) is 27.2 Å². The standard InChI is InChI=1S/C19H25Cl3N2O2/c1-23(16-6-2-3-7-17(16)24-8-4-5-9-24)19(25)12-26-18-11-14(21)13(20)10-15(18)22/h10-11,16-17H,2-9,12H2,1H3. The van der Waals surface area contributed by atoms with Gasteiger partial charge in [0.2, 0.25) is 0 Å². The largest absolute Gasteiger partial charge is 0.482 e. The summed E-state index contributed by atoms with van der Waals surface area (Å²) in [5.41, 5.74) is 0. The molecule has 0 radical (unpaired) electrons. The molecule has 1 saturated heterocycles. The zero-order valence-corrected chi connectivity index (χ0v) is 17.3. The molecule has 1 heterocycles. The van der Waals surface area contributed by atoms with E-state index in [1.165, 1.54) is 38.2 Å². The molecule has 1 aromatic carbocycles. The number of likely N-dealkylation sites (N-methyl/N-ethyl adjacent to an activating group) is 1. The van der Waals surface area contributed by atoms with Crippen molar-refractivity contribution in [3.8, 4) is 5.75 Å². The molecule has 4 nitrogen and oxygen atoms in total. The first kappa shape index (κ1) is 20.1. The van der Waals surface area contributed by atoms with Crippen molar-refractivity contribution in [1.82, 2.24) is 9.80 Å². The van der Waals surface area contributed by atoms with Crippen molar-refractivity contribution in [1.29, 1.82) is 0 Å². The Morgan fingerprint density at radius 1 is 1.08 bits per heavy atom. The van der Waals surface area contributed by atoms with Crippen LogP contribution in [-0.4, -0.2) is 54.5 Å². The van der Waals surface area contributed by atoms with Crippen LogP contribution in [0.1, 0.15) is 38.5 Å². The first-order valence-corrected chi connectivity index (χ1v) is 10.4. The number of ether oxygens (including phenoxy) is 1. The van der Waals surface area contributed by atoms with Crippen LogP contribution < -0.4 is 4.74 Å². The van der Waals surface area contributed by atoms with Gasteiger partial charge in [-0.3, -0.25) is 9.69 Å². The Morgan fingerprint density at radius 2 is 1.73 bits per heavy atom. The lowest BCUT2D eigenvalue weighted by Crippen LogP contribution is -2.53. The van der Waals surface area contributed by atoms with Crippen LogP contribution in [0.5, 0.6) is 5.75 Å². The van der Waals surface area contributed by atoms with Crippen LogP contribution >= 0.6 is 34.8 Å². The molecule has 1 amide bonds. The molecule has 1 aliphatic heterocycles. The van der Waals surface area contributed by atoms with Crippen molar-refractivity contribution in [2.75, 3.05) is 26.7 Å². The first-order valence-electron chi connectivity index (χ1n) is 9.24. The molecule has 0 bridgehead atoms. The van der Waals surface area contributed by atoms with E-state index in [4.69, 9.17) is 39.5 Å². The van der Waals surface area contributed by atoms with Gasteiger partial charge in [-0.1, -0.05) is 47.6 Å². The molecule has 144 valence electrons. The number of hydrogen-bond donors (Lipinski definition) is 0. The molecule has 3 rings (SSSR count). The Morgan fingerprint density at radius 3 is 2.46 bits per heavy atom. The van der Waals surface area contributed by atoms with Crippen molar-refractivity contribution in [2.24, 2.45) is 0 Å². The number of halogens is 3. The average molecular weight is 420 g/mol. The minimum atomic E-state index is -0.0581. The van der Waals surface area contributed by atoms with Gasteiger partial charge in [0.05, 0.1) is 15.1 Å². The molecular formula is C19H25Cl3N2O2. The third-order valence-corrected chi connectivity index (χ3v) is 6.54. The van der Waals surface area contributed by atoms with Gasteiger partial charge < -0.3 is 9.64 Å². The molecular weight excluding hydrogens is 395 g/mol. The maximum Gasteiger partial charge on any atom is 0.260 e. The quantitative estimate of drug-likeness (QED) is 0.637. The Kier molecular flexibility index (Phi) is 6.95. The van der Waals surface area contributed by atoms with E-state index in [2.05, 4.69) is 4.90 Å². The van der Waals surface area contributed by atoms with Crippen molar-refractivity contribution in [2.45, 2.75) is 50.6 Å². The second kappa shape index (κ2) is 9.01. The molecule has 1 aliphatic carbocycles. The molecule has 26 heavy (non-hydrogen) atoms. The number of carbonyl (C=O) groups is 1. The summed E-state index contributed by atoms with van der Waals surface area (Å²) in [6.45, 7) is 2.24. The summed E-state index contributed by atoms with van der Waals surface area (Å²) < 4.78 is 5.63. The van der Waals surface area contributed by atoms with E-state index < -0.39 is 0 Å². The highest BCUT2D eigenvalue weighted by atomic mass is 35.5. The van der Waals surface area contributed by atoms with Gasteiger partial charge in [-0.05, 0) is 44.8 Å². The fraction of sp³-hybridized carbons (Fsp3) is 0.632. The Bertz CT molecular complexity index is 650. The van der Waals surface area contributed by atoms with Gasteiger partial charge in [-0.25, -0.2) is 0 Å². The van der Waals surface area contributed by atoms with Crippen LogP contribution in [0.3, 0.4) is 0 Å². The Labute approximate surface area is 170 Å². The molecule has 0 N–H and O–H groups in total. The molecule has 2 unspecified atom stereocenters. The predicted octanol–water partition coefficient (Wildman–Crippen LogP) is 4.89. The fourth-order valence-corrected chi connectivity index (χ4v) is 4.68. The first-order chi connectivity index (χ1) is 12.5. The number of amides is 1. The van der Waals surface area contributed by atoms with Crippen molar-refractivity contribution in [3.63, 3.8) is 0 Å². The molecule has 7 heteroatoms. The van der Waals surface area contributed by atoms with Gasteiger partial charge in [-0.2, -0.15) is 0 Å². The van der Waals surface area contributed by atoms with Gasteiger partial charge in [0.15, 0.2) is 6.61 Å². The van der Waals surface area contributed by atoms with Crippen LogP contribution in [0.4, 0.5) is 0 Å². The molecule has 2 aliphatic rings. The number of hydrogen-bond acceptors (Lipinski definition) is 3. The molecule has 2 atom stereocenters. The fourth-order valence-electron chi connectivity index (χ4n) is 4.08. The topological polar surface area (TPSA) is 32.8 Å². The van der Waals surface area contributed by atoms with E-state index in [0.717, 1.165) is 19.5 Å². The monoisotopic (exact) mass is 418 g/mol. The number of rotatable bonds is 5. The number of benzene rings is 1. The molecule has 1 aromatic rings. The number of carbonyl (C=O) groups excluding carboxylic acids is 1. The molecule has 0 spiro atoms. The number of nitrogens with zero attached hydrogens (tertiary/aromatic N) is 2.